The van der Waals surface area contributed by atoms with Crippen LogP contribution in [0.25, 0.3) is 22.3 Å². The lowest BCUT2D eigenvalue weighted by atomic mass is 10.1. The maximum atomic E-state index is 13.1. The number of nitrogen functional groups attached to an aromatic ring is 1. The molecule has 1 unspecified atom stereocenters. The first-order valence-electron chi connectivity index (χ1n) is 12.7. The van der Waals surface area contributed by atoms with Gasteiger partial charge >= 0.3 is 0 Å². The molecule has 1 atom stereocenters. The summed E-state index contributed by atoms with van der Waals surface area (Å²) in [6.07, 6.45) is 4.38. The Balaban J connectivity index is 1.44. The number of nitriles is 1. The van der Waals surface area contributed by atoms with Crippen molar-refractivity contribution in [1.29, 1.82) is 5.26 Å². The first-order chi connectivity index (χ1) is 19.2. The highest BCUT2D eigenvalue weighted by atomic mass is 32.2. The lowest BCUT2D eigenvalue weighted by Crippen LogP contribution is -2.40. The number of rotatable bonds is 7. The molecule has 0 spiro atoms. The molecule has 4 aromatic rings. The van der Waals surface area contributed by atoms with Crippen molar-refractivity contribution >= 4 is 32.8 Å². The molecular formula is C28H28N8O3S. The van der Waals surface area contributed by atoms with E-state index in [1.807, 2.05) is 35.0 Å². The van der Waals surface area contributed by atoms with E-state index in [2.05, 4.69) is 16.5 Å². The van der Waals surface area contributed by atoms with Gasteiger partial charge in [-0.15, -0.1) is 0 Å². The van der Waals surface area contributed by atoms with E-state index >= 15 is 0 Å². The van der Waals surface area contributed by atoms with Gasteiger partial charge in [-0.25, -0.2) is 23.1 Å². The number of anilines is 1. The third-order valence-electron chi connectivity index (χ3n) is 7.08. The van der Waals surface area contributed by atoms with E-state index in [1.54, 1.807) is 17.0 Å². The third-order valence-corrected chi connectivity index (χ3v) is 8.94. The SMILES string of the molecule is C=CC(=O)N1CCCC(n2nc(-c3ccc(CN(C)S(=O)(=O)c4ccccc4C#N)cc3)c3c(N)ncnc32)C1. The number of sulfonamides is 1. The van der Waals surface area contributed by atoms with Crippen LogP contribution < -0.4 is 5.73 Å². The summed E-state index contributed by atoms with van der Waals surface area (Å²) in [4.78, 5) is 22.6. The molecule has 3 heterocycles. The van der Waals surface area contributed by atoms with E-state index in [0.29, 0.717) is 35.6 Å². The zero-order valence-electron chi connectivity index (χ0n) is 21.9. The fourth-order valence-electron chi connectivity index (χ4n) is 5.00. The summed E-state index contributed by atoms with van der Waals surface area (Å²) >= 11 is 0. The molecule has 1 aliphatic rings. The number of piperidine rings is 1. The highest BCUT2D eigenvalue weighted by Crippen LogP contribution is 2.34. The van der Waals surface area contributed by atoms with Gasteiger partial charge in [-0.05, 0) is 36.6 Å². The monoisotopic (exact) mass is 556 g/mol. The van der Waals surface area contributed by atoms with Crippen LogP contribution in [-0.2, 0) is 21.4 Å². The fraction of sp³-hybridized carbons (Fsp3) is 0.250. The molecule has 12 heteroatoms. The molecule has 0 bridgehead atoms. The summed E-state index contributed by atoms with van der Waals surface area (Å²) in [6.45, 7) is 4.86. The van der Waals surface area contributed by atoms with Gasteiger partial charge < -0.3 is 10.6 Å². The molecule has 2 N–H and O–H groups in total. The number of nitrogens with zero attached hydrogens (tertiary/aromatic N) is 7. The lowest BCUT2D eigenvalue weighted by Gasteiger charge is -2.32. The summed E-state index contributed by atoms with van der Waals surface area (Å²) in [6, 6.07) is 15.4. The van der Waals surface area contributed by atoms with Gasteiger partial charge in [-0.1, -0.05) is 43.0 Å². The van der Waals surface area contributed by atoms with Gasteiger partial charge in [0.15, 0.2) is 5.65 Å². The van der Waals surface area contributed by atoms with Crippen molar-refractivity contribution in [3.05, 3.63) is 78.6 Å². The maximum absolute atomic E-state index is 13.1. The quantitative estimate of drug-likeness (QED) is 0.341. The number of fused-ring (bicyclic) bond motifs is 1. The Morgan fingerprint density at radius 1 is 1.23 bits per heavy atom. The average molecular weight is 557 g/mol. The number of hydrogen-bond acceptors (Lipinski definition) is 8. The molecule has 40 heavy (non-hydrogen) atoms. The van der Waals surface area contributed by atoms with Gasteiger partial charge in [0.25, 0.3) is 0 Å². The van der Waals surface area contributed by atoms with E-state index < -0.39 is 10.0 Å². The summed E-state index contributed by atoms with van der Waals surface area (Å²) in [5.74, 6) is 0.182. The summed E-state index contributed by atoms with van der Waals surface area (Å²) in [5, 5.41) is 14.8. The topological polar surface area (TPSA) is 151 Å². The minimum Gasteiger partial charge on any atom is -0.383 e. The van der Waals surface area contributed by atoms with Crippen LogP contribution in [0.15, 0.2) is 72.4 Å². The Morgan fingerprint density at radius 2 is 1.98 bits per heavy atom. The van der Waals surface area contributed by atoms with Gasteiger partial charge in [0.2, 0.25) is 15.9 Å². The van der Waals surface area contributed by atoms with E-state index in [1.165, 1.54) is 35.9 Å². The second-order valence-corrected chi connectivity index (χ2v) is 11.6. The first-order valence-corrected chi connectivity index (χ1v) is 14.1. The standard InChI is InChI=1S/C28H28N8O3S/c1-3-24(37)35-14-6-8-22(17-35)36-28-25(27(30)31-18-32-28)26(33-36)20-12-10-19(11-13-20)16-34(2)40(38,39)23-9-5-4-7-21(23)15-29/h3-5,7,9-13,18,22H,1,6,8,14,16-17H2,2H3,(H2,30,31,32). The van der Waals surface area contributed by atoms with Crippen molar-refractivity contribution < 1.29 is 13.2 Å². The van der Waals surface area contributed by atoms with Crippen LogP contribution in [0.5, 0.6) is 0 Å². The molecule has 1 aliphatic heterocycles. The third kappa shape index (κ3) is 4.92. The van der Waals surface area contributed by atoms with Crippen LogP contribution in [0.1, 0.15) is 30.0 Å². The van der Waals surface area contributed by atoms with Gasteiger partial charge in [-0.3, -0.25) is 4.79 Å². The minimum absolute atomic E-state index is 0.0276. The molecule has 0 aliphatic carbocycles. The molecule has 1 fully saturated rings. The fourth-order valence-corrected chi connectivity index (χ4v) is 6.29. The van der Waals surface area contributed by atoms with Crippen LogP contribution in [0.4, 0.5) is 5.82 Å². The number of aromatic nitrogens is 4. The maximum Gasteiger partial charge on any atom is 0.246 e. The molecule has 2 aromatic heterocycles. The van der Waals surface area contributed by atoms with Gasteiger partial charge in [0.1, 0.15) is 23.9 Å². The van der Waals surface area contributed by atoms with Gasteiger partial charge in [0.05, 0.1) is 21.9 Å². The Morgan fingerprint density at radius 3 is 2.70 bits per heavy atom. The molecule has 11 nitrogen and oxygen atoms in total. The second kappa shape index (κ2) is 10.9. The zero-order chi connectivity index (χ0) is 28.4. The van der Waals surface area contributed by atoms with E-state index in [0.717, 1.165) is 24.0 Å². The highest BCUT2D eigenvalue weighted by Gasteiger charge is 2.28. The molecule has 1 saturated heterocycles. The molecular weight excluding hydrogens is 528 g/mol. The largest absolute Gasteiger partial charge is 0.383 e. The Hall–Kier alpha value is -4.60. The number of amides is 1. The summed E-state index contributed by atoms with van der Waals surface area (Å²) < 4.78 is 29.3. The summed E-state index contributed by atoms with van der Waals surface area (Å²) in [5.41, 5.74) is 9.09. The predicted molar refractivity (Wildman–Crippen MR) is 150 cm³/mol. The van der Waals surface area contributed by atoms with Crippen LogP contribution in [0, 0.1) is 11.3 Å². The first kappa shape index (κ1) is 27.0. The average Bonchev–Trinajstić information content (AvgIpc) is 3.38. The van der Waals surface area contributed by atoms with Crippen LogP contribution >= 0.6 is 0 Å². The molecule has 5 rings (SSSR count). The van der Waals surface area contributed by atoms with E-state index in [9.17, 15) is 18.5 Å². The van der Waals surface area contributed by atoms with Gasteiger partial charge in [0, 0.05) is 32.2 Å². The molecule has 2 aromatic carbocycles. The smallest absolute Gasteiger partial charge is 0.246 e. The number of nitrogens with two attached hydrogens (primary N) is 1. The van der Waals surface area contributed by atoms with Crippen molar-refractivity contribution in [1.82, 2.24) is 29.0 Å². The van der Waals surface area contributed by atoms with Crippen LogP contribution in [0.3, 0.4) is 0 Å². The van der Waals surface area contributed by atoms with Gasteiger partial charge in [-0.2, -0.15) is 14.7 Å². The lowest BCUT2D eigenvalue weighted by molar-refractivity contribution is -0.127. The van der Waals surface area contributed by atoms with Crippen molar-refractivity contribution in [3.63, 3.8) is 0 Å². The Kier molecular flexibility index (Phi) is 7.34. The number of carbonyl (C=O) groups excluding carboxylic acids is 1. The van der Waals surface area contributed by atoms with Crippen molar-refractivity contribution in [2.45, 2.75) is 30.3 Å². The van der Waals surface area contributed by atoms with Crippen molar-refractivity contribution in [2.75, 3.05) is 25.9 Å². The number of carbonyl (C=O) groups is 1. The minimum atomic E-state index is -3.87. The number of benzene rings is 2. The van der Waals surface area contributed by atoms with Crippen LogP contribution in [-0.4, -0.2) is 63.4 Å². The molecule has 0 radical (unpaired) electrons. The van der Waals surface area contributed by atoms with Crippen LogP contribution in [0.2, 0.25) is 0 Å². The number of hydrogen-bond donors (Lipinski definition) is 1. The Labute approximate surface area is 232 Å². The second-order valence-electron chi connectivity index (χ2n) is 9.60. The number of likely N-dealkylation sites (tertiary alicyclic amines) is 1. The van der Waals surface area contributed by atoms with Crippen molar-refractivity contribution in [3.8, 4) is 17.3 Å². The van der Waals surface area contributed by atoms with E-state index in [-0.39, 0.29) is 29.0 Å². The normalized spacial score (nSPS) is 15.7. The Bertz CT molecular complexity index is 1740. The van der Waals surface area contributed by atoms with E-state index in [4.69, 9.17) is 10.8 Å². The summed E-state index contributed by atoms with van der Waals surface area (Å²) in [7, 11) is -2.39. The predicted octanol–water partition coefficient (Wildman–Crippen LogP) is 3.12. The molecule has 204 valence electrons. The highest BCUT2D eigenvalue weighted by molar-refractivity contribution is 7.89. The zero-order valence-corrected chi connectivity index (χ0v) is 22.8. The molecule has 0 saturated carbocycles. The van der Waals surface area contributed by atoms with Crippen molar-refractivity contribution in [2.24, 2.45) is 0 Å². The molecule has 1 amide bonds.